The first-order valence-corrected chi connectivity index (χ1v) is 11.6. The van der Waals surface area contributed by atoms with E-state index in [4.69, 9.17) is 10.00 Å². The first-order chi connectivity index (χ1) is 16.5. The summed E-state index contributed by atoms with van der Waals surface area (Å²) in [5, 5.41) is 31.2. The average Bonchev–Trinajstić information content (AvgIpc) is 2.88. The van der Waals surface area contributed by atoms with Crippen LogP contribution in [0.25, 0.3) is 0 Å². The molecule has 0 aromatic heterocycles. The molecule has 4 rings (SSSR count). The number of aliphatic hydroxyl groups is 2. The third kappa shape index (κ3) is 5.28. The third-order valence-corrected chi connectivity index (χ3v) is 6.58. The van der Waals surface area contributed by atoms with E-state index in [-0.39, 0.29) is 23.8 Å². The van der Waals surface area contributed by atoms with Crippen molar-refractivity contribution in [1.29, 1.82) is 5.26 Å². The van der Waals surface area contributed by atoms with Gasteiger partial charge >= 0.3 is 0 Å². The number of ether oxygens (including phenoxy) is 1. The molecule has 6 heteroatoms. The largest absolute Gasteiger partial charge is 0.491 e. The van der Waals surface area contributed by atoms with Crippen LogP contribution in [0.2, 0.25) is 0 Å². The van der Waals surface area contributed by atoms with Crippen molar-refractivity contribution in [2.24, 2.45) is 5.92 Å². The van der Waals surface area contributed by atoms with Gasteiger partial charge in [0, 0.05) is 12.6 Å². The van der Waals surface area contributed by atoms with Gasteiger partial charge in [0.2, 0.25) is 0 Å². The van der Waals surface area contributed by atoms with E-state index in [1.807, 2.05) is 60.7 Å². The molecule has 3 aromatic rings. The number of piperidine rings is 1. The second-order valence-corrected chi connectivity index (χ2v) is 8.79. The van der Waals surface area contributed by atoms with E-state index >= 15 is 0 Å². The highest BCUT2D eigenvalue weighted by Crippen LogP contribution is 2.41. The minimum absolute atomic E-state index is 0.0310. The minimum atomic E-state index is -1.07. The summed E-state index contributed by atoms with van der Waals surface area (Å²) in [5.41, 5.74) is 0.669. The molecule has 1 fully saturated rings. The molecular formula is C28H29FN2O3. The van der Waals surface area contributed by atoms with Crippen molar-refractivity contribution in [2.75, 3.05) is 26.2 Å². The molecule has 176 valence electrons. The summed E-state index contributed by atoms with van der Waals surface area (Å²) in [6.45, 7) is 1.95. The van der Waals surface area contributed by atoms with Crippen molar-refractivity contribution in [2.45, 2.75) is 24.5 Å². The Labute approximate surface area is 199 Å². The summed E-state index contributed by atoms with van der Waals surface area (Å²) in [7, 11) is 0. The van der Waals surface area contributed by atoms with Gasteiger partial charge in [-0.1, -0.05) is 60.7 Å². The SMILES string of the molecule is N#Cc1ccc(OC[C@@H](O)CN2CCC(C(O)(c3ccccc3)c3ccccc3)CC2)cc1F. The van der Waals surface area contributed by atoms with Gasteiger partial charge in [0.25, 0.3) is 0 Å². The first kappa shape index (κ1) is 23.9. The number of halogens is 1. The van der Waals surface area contributed by atoms with Crippen LogP contribution in [0.3, 0.4) is 0 Å². The Morgan fingerprint density at radius 1 is 1.00 bits per heavy atom. The van der Waals surface area contributed by atoms with Crippen molar-refractivity contribution in [3.05, 3.63) is 101 Å². The highest BCUT2D eigenvalue weighted by Gasteiger charge is 2.41. The number of hydrogen-bond donors (Lipinski definition) is 2. The Bertz CT molecular complexity index is 1070. The summed E-state index contributed by atoms with van der Waals surface area (Å²) >= 11 is 0. The van der Waals surface area contributed by atoms with E-state index in [9.17, 15) is 14.6 Å². The van der Waals surface area contributed by atoms with Crippen LogP contribution in [-0.4, -0.2) is 47.5 Å². The fourth-order valence-corrected chi connectivity index (χ4v) is 4.78. The number of β-amino-alcohol motifs (C(OH)–C–C–N with tert-alkyl or cyclic N) is 1. The van der Waals surface area contributed by atoms with Crippen molar-refractivity contribution in [1.82, 2.24) is 4.90 Å². The molecule has 0 unspecified atom stereocenters. The summed E-state index contributed by atoms with van der Waals surface area (Å²) in [4.78, 5) is 2.17. The first-order valence-electron chi connectivity index (χ1n) is 11.6. The number of aliphatic hydroxyl groups excluding tert-OH is 1. The van der Waals surface area contributed by atoms with Crippen molar-refractivity contribution in [3.63, 3.8) is 0 Å². The Morgan fingerprint density at radius 2 is 1.59 bits per heavy atom. The monoisotopic (exact) mass is 460 g/mol. The van der Waals surface area contributed by atoms with Gasteiger partial charge in [-0.3, -0.25) is 0 Å². The smallest absolute Gasteiger partial charge is 0.144 e. The summed E-state index contributed by atoms with van der Waals surface area (Å²) in [6.07, 6.45) is 0.834. The van der Waals surface area contributed by atoms with Crippen LogP contribution in [0.15, 0.2) is 78.9 Å². The quantitative estimate of drug-likeness (QED) is 0.530. The zero-order valence-corrected chi connectivity index (χ0v) is 19.0. The highest BCUT2D eigenvalue weighted by molar-refractivity contribution is 5.37. The van der Waals surface area contributed by atoms with Gasteiger partial charge in [-0.05, 0) is 55.1 Å². The normalized spacial score (nSPS) is 16.1. The fourth-order valence-electron chi connectivity index (χ4n) is 4.78. The standard InChI is InChI=1S/C28H29FN2O3/c29-27-17-26(12-11-21(27)18-30)34-20-25(32)19-31-15-13-24(14-16-31)28(33,22-7-3-1-4-8-22)23-9-5-2-6-10-23/h1-12,17,24-25,32-33H,13-16,19-20H2/t25-/m0/s1. The predicted molar refractivity (Wildman–Crippen MR) is 128 cm³/mol. The lowest BCUT2D eigenvalue weighted by Gasteiger charge is -2.42. The lowest BCUT2D eigenvalue weighted by atomic mass is 9.72. The van der Waals surface area contributed by atoms with Gasteiger partial charge in [-0.25, -0.2) is 4.39 Å². The molecule has 0 bridgehead atoms. The third-order valence-electron chi connectivity index (χ3n) is 6.58. The lowest BCUT2D eigenvalue weighted by molar-refractivity contribution is -0.0222. The van der Waals surface area contributed by atoms with Gasteiger partial charge in [-0.15, -0.1) is 0 Å². The Kier molecular flexibility index (Phi) is 7.59. The molecule has 3 aromatic carbocycles. The molecule has 0 spiro atoms. The van der Waals surface area contributed by atoms with Crippen molar-refractivity contribution < 1.29 is 19.3 Å². The fraction of sp³-hybridized carbons (Fsp3) is 0.321. The zero-order valence-electron chi connectivity index (χ0n) is 19.0. The highest BCUT2D eigenvalue weighted by atomic mass is 19.1. The molecule has 34 heavy (non-hydrogen) atoms. The van der Waals surface area contributed by atoms with E-state index in [1.54, 1.807) is 6.07 Å². The summed E-state index contributed by atoms with van der Waals surface area (Å²) in [5.74, 6) is -0.311. The maximum Gasteiger partial charge on any atom is 0.144 e. The maximum absolute atomic E-state index is 13.7. The van der Waals surface area contributed by atoms with E-state index in [2.05, 4.69) is 4.90 Å². The minimum Gasteiger partial charge on any atom is -0.491 e. The van der Waals surface area contributed by atoms with E-state index in [0.717, 1.165) is 43.1 Å². The summed E-state index contributed by atoms with van der Waals surface area (Å²) < 4.78 is 19.2. The zero-order chi connectivity index (χ0) is 24.0. The van der Waals surface area contributed by atoms with Crippen LogP contribution in [0, 0.1) is 23.1 Å². The molecule has 0 amide bonds. The van der Waals surface area contributed by atoms with Gasteiger partial charge in [0.1, 0.15) is 35.9 Å². The molecule has 1 atom stereocenters. The molecule has 2 N–H and O–H groups in total. The molecule has 1 aliphatic rings. The Hall–Kier alpha value is -3.24. The topological polar surface area (TPSA) is 76.7 Å². The second-order valence-electron chi connectivity index (χ2n) is 8.79. The van der Waals surface area contributed by atoms with Crippen LogP contribution in [0.5, 0.6) is 5.75 Å². The van der Waals surface area contributed by atoms with Crippen molar-refractivity contribution in [3.8, 4) is 11.8 Å². The second kappa shape index (κ2) is 10.8. The van der Waals surface area contributed by atoms with Gasteiger partial charge in [0.05, 0.1) is 5.56 Å². The number of benzene rings is 3. The Balaban J connectivity index is 1.35. The molecule has 1 heterocycles. The van der Waals surface area contributed by atoms with Crippen LogP contribution in [0.4, 0.5) is 4.39 Å². The summed E-state index contributed by atoms with van der Waals surface area (Å²) in [6, 6.07) is 25.4. The molecule has 1 saturated heterocycles. The lowest BCUT2D eigenvalue weighted by Crippen LogP contribution is -2.46. The number of likely N-dealkylation sites (tertiary alicyclic amines) is 1. The number of nitriles is 1. The van der Waals surface area contributed by atoms with Crippen molar-refractivity contribution >= 4 is 0 Å². The van der Waals surface area contributed by atoms with E-state index in [0.29, 0.717) is 6.54 Å². The molecule has 1 aliphatic heterocycles. The van der Waals surface area contributed by atoms with Gasteiger partial charge in [0.15, 0.2) is 0 Å². The van der Waals surface area contributed by atoms with E-state index in [1.165, 1.54) is 12.1 Å². The molecule has 0 aliphatic carbocycles. The average molecular weight is 461 g/mol. The van der Waals surface area contributed by atoms with Gasteiger partial charge < -0.3 is 19.8 Å². The number of hydrogen-bond acceptors (Lipinski definition) is 5. The predicted octanol–water partition coefficient (Wildman–Crippen LogP) is 4.09. The molecule has 0 saturated carbocycles. The maximum atomic E-state index is 13.7. The Morgan fingerprint density at radius 3 is 2.12 bits per heavy atom. The van der Waals surface area contributed by atoms with Crippen LogP contribution < -0.4 is 4.74 Å². The van der Waals surface area contributed by atoms with Crippen LogP contribution >= 0.6 is 0 Å². The molecule has 5 nitrogen and oxygen atoms in total. The number of nitrogens with zero attached hydrogens (tertiary/aromatic N) is 2. The number of rotatable bonds is 8. The van der Waals surface area contributed by atoms with Gasteiger partial charge in [-0.2, -0.15) is 5.26 Å². The van der Waals surface area contributed by atoms with Crippen LogP contribution in [-0.2, 0) is 5.60 Å². The van der Waals surface area contributed by atoms with Crippen LogP contribution in [0.1, 0.15) is 29.5 Å². The molecular weight excluding hydrogens is 431 g/mol. The molecule has 0 radical (unpaired) electrons. The van der Waals surface area contributed by atoms with E-state index < -0.39 is 17.5 Å².